The SMILES string of the molecule is CC[C@H](C)[C@H](NC(=O)[C@H](Cc1ccc(O)cc1)NC(=O)[C@@H](NC(=O)[C@H](CCCN=C(N)N)NC(=O)[C@@H](N)CC(N)=O)C(C)C)C(=O)N[C@@H](Cc1cnc[nH]1)C(=O)N1CCC[C@H]1C(=O)N[C@@H](Cc1ccccc1)C(=O)O. The Balaban J connectivity index is 1.59. The number of rotatable bonds is 29. The number of amides is 8. The highest BCUT2D eigenvalue weighted by Crippen LogP contribution is 2.21. The van der Waals surface area contributed by atoms with E-state index in [1.54, 1.807) is 58.0 Å². The number of carbonyl (C=O) groups is 9. The van der Waals surface area contributed by atoms with Crippen LogP contribution in [0.15, 0.2) is 72.1 Å². The average molecular weight is 1050 g/mol. The van der Waals surface area contributed by atoms with Gasteiger partial charge in [-0.1, -0.05) is 76.6 Å². The minimum atomic E-state index is -1.41. The molecule has 8 amide bonds. The maximum atomic E-state index is 14.6. The molecule has 1 aliphatic heterocycles. The molecule has 1 aromatic heterocycles. The Hall–Kier alpha value is -8.09. The second-order valence-electron chi connectivity index (χ2n) is 18.9. The molecule has 408 valence electrons. The van der Waals surface area contributed by atoms with Crippen molar-refractivity contribution in [1.82, 2.24) is 46.8 Å². The lowest BCUT2D eigenvalue weighted by Gasteiger charge is -2.32. The number of phenols is 1. The van der Waals surface area contributed by atoms with E-state index < -0.39 is 120 Å². The molecular weight excluding hydrogens is 973 g/mol. The number of benzene rings is 2. The molecule has 0 bridgehead atoms. The molecule has 9 atom stereocenters. The molecule has 17 N–H and O–H groups in total. The number of carboxylic acids is 1. The minimum Gasteiger partial charge on any atom is -0.508 e. The summed E-state index contributed by atoms with van der Waals surface area (Å²) in [5.41, 5.74) is 23.6. The molecule has 4 rings (SSSR count). The summed E-state index contributed by atoms with van der Waals surface area (Å²) in [7, 11) is 0. The second-order valence-corrected chi connectivity index (χ2v) is 18.9. The number of nitrogens with two attached hydrogens (primary N) is 4. The first-order valence-corrected chi connectivity index (χ1v) is 24.8. The van der Waals surface area contributed by atoms with Gasteiger partial charge in [0.05, 0.1) is 18.8 Å². The molecule has 3 aromatic rings. The van der Waals surface area contributed by atoms with E-state index >= 15 is 0 Å². The van der Waals surface area contributed by atoms with Crippen molar-refractivity contribution in [2.75, 3.05) is 13.1 Å². The predicted molar refractivity (Wildman–Crippen MR) is 274 cm³/mol. The third-order valence-corrected chi connectivity index (χ3v) is 12.7. The predicted octanol–water partition coefficient (Wildman–Crippen LogP) is -1.91. The topological polar surface area (TPSA) is 415 Å². The number of carbonyl (C=O) groups excluding carboxylic acids is 8. The van der Waals surface area contributed by atoms with Crippen LogP contribution in [0.3, 0.4) is 0 Å². The van der Waals surface area contributed by atoms with Gasteiger partial charge in [-0.25, -0.2) is 9.78 Å². The van der Waals surface area contributed by atoms with Crippen LogP contribution in [0, 0.1) is 11.8 Å². The fraction of sp³-hybridized carbons (Fsp3) is 0.500. The number of nitrogens with one attached hydrogen (secondary N) is 7. The van der Waals surface area contributed by atoms with Gasteiger partial charge in [0.2, 0.25) is 47.3 Å². The number of carboxylic acid groups (broad SMARTS) is 1. The highest BCUT2D eigenvalue weighted by molar-refractivity contribution is 5.98. The summed E-state index contributed by atoms with van der Waals surface area (Å²) in [6.07, 6.45) is 3.24. The summed E-state index contributed by atoms with van der Waals surface area (Å²) in [5.74, 6) is -8.94. The number of phenolic OH excluding ortho intramolecular Hbond substituents is 1. The molecule has 0 unspecified atom stereocenters. The van der Waals surface area contributed by atoms with E-state index in [1.165, 1.54) is 41.7 Å². The number of hydrogen-bond donors (Lipinski definition) is 13. The zero-order chi connectivity index (χ0) is 55.4. The fourth-order valence-electron chi connectivity index (χ4n) is 8.34. The maximum Gasteiger partial charge on any atom is 0.326 e. The Kier molecular flexibility index (Phi) is 23.0. The summed E-state index contributed by atoms with van der Waals surface area (Å²) >= 11 is 0. The number of aromatic hydroxyl groups is 1. The van der Waals surface area contributed by atoms with Crippen LogP contribution in [0.5, 0.6) is 5.75 Å². The van der Waals surface area contributed by atoms with Gasteiger partial charge in [0.15, 0.2) is 5.96 Å². The molecule has 1 aliphatic rings. The van der Waals surface area contributed by atoms with Crippen LogP contribution >= 0.6 is 0 Å². The second kappa shape index (κ2) is 29.0. The lowest BCUT2D eigenvalue weighted by atomic mass is 9.96. The maximum absolute atomic E-state index is 14.6. The molecule has 2 heterocycles. The van der Waals surface area contributed by atoms with E-state index in [0.717, 1.165) is 0 Å². The molecule has 0 saturated carbocycles. The largest absolute Gasteiger partial charge is 0.508 e. The summed E-state index contributed by atoms with van der Waals surface area (Å²) in [6.45, 7) is 6.97. The third-order valence-electron chi connectivity index (χ3n) is 12.7. The van der Waals surface area contributed by atoms with Gasteiger partial charge in [-0.3, -0.25) is 43.3 Å². The van der Waals surface area contributed by atoms with Crippen molar-refractivity contribution >= 4 is 59.2 Å². The highest BCUT2D eigenvalue weighted by atomic mass is 16.4. The van der Waals surface area contributed by atoms with Gasteiger partial charge in [-0.05, 0) is 60.8 Å². The van der Waals surface area contributed by atoms with Gasteiger partial charge >= 0.3 is 5.97 Å². The van der Waals surface area contributed by atoms with Crippen molar-refractivity contribution in [3.8, 4) is 5.75 Å². The number of H-pyrrole nitrogens is 1. The van der Waals surface area contributed by atoms with E-state index in [2.05, 4.69) is 46.9 Å². The molecule has 25 heteroatoms. The molecule has 25 nitrogen and oxygen atoms in total. The number of aromatic amines is 1. The van der Waals surface area contributed by atoms with Gasteiger partial charge in [-0.2, -0.15) is 0 Å². The third kappa shape index (κ3) is 18.7. The molecule has 1 saturated heterocycles. The van der Waals surface area contributed by atoms with Crippen molar-refractivity contribution in [2.24, 2.45) is 39.8 Å². The van der Waals surface area contributed by atoms with Crippen molar-refractivity contribution < 1.29 is 53.4 Å². The van der Waals surface area contributed by atoms with Crippen molar-refractivity contribution in [3.63, 3.8) is 0 Å². The Bertz CT molecular complexity index is 2450. The van der Waals surface area contributed by atoms with Gasteiger partial charge in [-0.15, -0.1) is 0 Å². The standard InChI is InChI=1S/C50H72N14O11/c1-5-28(4)41(47(72)60-36(23-31-25-55-26-57-31)48(73)64-20-10-14-38(64)45(70)61-37(49(74)75)22-29-11-7-6-8-12-29)63-44(69)35(21-30-15-17-32(65)18-16-30)59-46(71)40(27(2)3)62-43(68)34(13-9-19-56-50(53)54)58-42(67)33(51)24-39(52)66/h6-8,11-12,15-18,25-28,33-38,40-41,65H,5,9-10,13-14,19-24,51H2,1-4H3,(H2,52,66)(H,55,57)(H,58,67)(H,59,71)(H,60,72)(H,61,70)(H,62,68)(H,63,69)(H,74,75)(H4,53,54,56)/t28-,33-,34-,35-,36-,37-,38-,40-,41-/m0/s1. The molecule has 75 heavy (non-hydrogen) atoms. The van der Waals surface area contributed by atoms with Crippen LogP contribution in [0.2, 0.25) is 0 Å². The lowest BCUT2D eigenvalue weighted by molar-refractivity contribution is -0.145. The number of hydrogen-bond acceptors (Lipinski definition) is 13. The van der Waals surface area contributed by atoms with Crippen LogP contribution in [-0.4, -0.2) is 146 Å². The quantitative estimate of drug-likeness (QED) is 0.0205. The fourth-order valence-corrected chi connectivity index (χ4v) is 8.34. The van der Waals surface area contributed by atoms with Crippen LogP contribution in [0.25, 0.3) is 0 Å². The number of primary amides is 1. The first kappa shape index (κ1) is 59.5. The minimum absolute atomic E-state index is 0.000851. The Morgan fingerprint density at radius 1 is 0.747 bits per heavy atom. The molecule has 0 spiro atoms. The number of nitrogens with zero attached hydrogens (tertiary/aromatic N) is 3. The Morgan fingerprint density at radius 2 is 1.35 bits per heavy atom. The smallest absolute Gasteiger partial charge is 0.326 e. The zero-order valence-electron chi connectivity index (χ0n) is 42.6. The van der Waals surface area contributed by atoms with Gasteiger partial charge in [0.25, 0.3) is 0 Å². The number of imidazole rings is 1. The molecule has 0 radical (unpaired) electrons. The number of guanidine groups is 1. The van der Waals surface area contributed by atoms with Crippen LogP contribution in [-0.2, 0) is 62.4 Å². The number of aliphatic imine (C=N–C) groups is 1. The normalized spacial score (nSPS) is 16.3. The van der Waals surface area contributed by atoms with Crippen molar-refractivity contribution in [1.29, 1.82) is 0 Å². The summed E-state index contributed by atoms with van der Waals surface area (Å²) < 4.78 is 0. The van der Waals surface area contributed by atoms with E-state index in [4.69, 9.17) is 22.9 Å². The van der Waals surface area contributed by atoms with Crippen LogP contribution in [0.4, 0.5) is 0 Å². The molecular formula is C50H72N14O11. The number of aliphatic carboxylic acids is 1. The molecule has 0 aliphatic carbocycles. The summed E-state index contributed by atoms with van der Waals surface area (Å²) in [6, 6.07) is 4.21. The summed E-state index contributed by atoms with van der Waals surface area (Å²) in [5, 5.41) is 36.1. The highest BCUT2D eigenvalue weighted by Gasteiger charge is 2.41. The van der Waals surface area contributed by atoms with Crippen LogP contribution in [0.1, 0.15) is 83.0 Å². The lowest BCUT2D eigenvalue weighted by Crippen LogP contribution is -2.62. The van der Waals surface area contributed by atoms with Crippen molar-refractivity contribution in [3.05, 3.63) is 83.9 Å². The Morgan fingerprint density at radius 3 is 1.95 bits per heavy atom. The van der Waals surface area contributed by atoms with Crippen molar-refractivity contribution in [2.45, 2.75) is 134 Å². The zero-order valence-corrected chi connectivity index (χ0v) is 42.6. The van der Waals surface area contributed by atoms with E-state index in [9.17, 15) is 53.4 Å². The first-order valence-electron chi connectivity index (χ1n) is 24.8. The van der Waals surface area contributed by atoms with E-state index in [1.807, 2.05) is 0 Å². The number of aromatic nitrogens is 2. The average Bonchev–Trinajstić information content (AvgIpc) is 4.08. The van der Waals surface area contributed by atoms with Gasteiger partial charge in [0, 0.05) is 44.2 Å². The molecule has 2 aromatic carbocycles. The Labute approximate surface area is 434 Å². The monoisotopic (exact) mass is 1040 g/mol. The van der Waals surface area contributed by atoms with Gasteiger partial charge < -0.3 is 74.9 Å². The van der Waals surface area contributed by atoms with E-state index in [-0.39, 0.29) is 63.3 Å². The van der Waals surface area contributed by atoms with Crippen LogP contribution < -0.4 is 54.8 Å². The first-order chi connectivity index (χ1) is 35.6. The summed E-state index contributed by atoms with van der Waals surface area (Å²) in [4.78, 5) is 135. The molecule has 1 fully saturated rings. The van der Waals surface area contributed by atoms with Gasteiger partial charge in [0.1, 0.15) is 48.0 Å². The van der Waals surface area contributed by atoms with E-state index in [0.29, 0.717) is 29.7 Å². The number of likely N-dealkylation sites (tertiary alicyclic amines) is 1.